The summed E-state index contributed by atoms with van der Waals surface area (Å²) in [5.41, 5.74) is -31.0. The zero-order valence-corrected chi connectivity index (χ0v) is 15.4. The molecule has 0 heterocycles. The number of esters is 1. The summed E-state index contributed by atoms with van der Waals surface area (Å²) < 4.78 is 220. The van der Waals surface area contributed by atoms with Gasteiger partial charge in [-0.3, -0.25) is 4.79 Å². The molecule has 0 spiro atoms. The first-order valence-electron chi connectivity index (χ1n) is 8.07. The minimum absolute atomic E-state index is 0.831. The van der Waals surface area contributed by atoms with Crippen LogP contribution in [-0.2, 0) is 9.53 Å². The Balaban J connectivity index is 2.59. The van der Waals surface area contributed by atoms with Crippen LogP contribution in [0, 0.1) is 0 Å². The maximum Gasteiger partial charge on any atom is 0.343 e. The van der Waals surface area contributed by atoms with Gasteiger partial charge in [0.15, 0.2) is 0 Å². The molecule has 0 N–H and O–H groups in total. The molecule has 2 nitrogen and oxygen atoms in total. The maximum absolute atomic E-state index is 15.2. The van der Waals surface area contributed by atoms with Crippen molar-refractivity contribution >= 4 is 17.6 Å². The molecule has 18 heteroatoms. The van der Waals surface area contributed by atoms with Gasteiger partial charge in [0.25, 0.3) is 0 Å². The molecule has 0 amide bonds. The third-order valence-corrected chi connectivity index (χ3v) is 6.55. The van der Waals surface area contributed by atoms with Crippen molar-refractivity contribution in [2.45, 2.75) is 76.9 Å². The highest BCUT2D eigenvalue weighted by Crippen LogP contribution is 2.88. The predicted octanol–water partition coefficient (Wildman–Crippen LogP) is 5.26. The fourth-order valence-corrected chi connectivity index (χ4v) is 4.36. The van der Waals surface area contributed by atoms with E-state index < -0.39 is 75.9 Å². The number of hydrogen-bond acceptors (Lipinski definition) is 2. The van der Waals surface area contributed by atoms with Crippen LogP contribution in [0.15, 0.2) is 0 Å². The van der Waals surface area contributed by atoms with Gasteiger partial charge in [0.05, 0.1) is 0 Å². The summed E-state index contributed by atoms with van der Waals surface area (Å²) in [5.74, 6) is -49.7. The third kappa shape index (κ3) is 1.59. The van der Waals surface area contributed by atoms with Gasteiger partial charge in [0.1, 0.15) is 5.38 Å². The average molecular weight is 527 g/mol. The molecule has 0 aliphatic heterocycles. The van der Waals surface area contributed by atoms with Crippen molar-refractivity contribution in [3.05, 3.63) is 0 Å². The van der Waals surface area contributed by atoms with E-state index in [1.165, 1.54) is 0 Å². The van der Waals surface area contributed by atoms with Crippen molar-refractivity contribution in [3.8, 4) is 0 Å². The first-order chi connectivity index (χ1) is 13.9. The van der Waals surface area contributed by atoms with E-state index in [2.05, 4.69) is 4.74 Å². The van der Waals surface area contributed by atoms with E-state index in [1.807, 2.05) is 0 Å². The second-order valence-corrected chi connectivity index (χ2v) is 7.92. The van der Waals surface area contributed by atoms with Crippen molar-refractivity contribution in [1.29, 1.82) is 0 Å². The van der Waals surface area contributed by atoms with E-state index in [-0.39, 0.29) is 0 Å². The molecule has 32 heavy (non-hydrogen) atoms. The molecule has 4 aliphatic rings. The Bertz CT molecular complexity index is 799. The fraction of sp³-hybridized carbons (Fsp3) is 0.929. The van der Waals surface area contributed by atoms with E-state index >= 15 is 13.2 Å². The number of ether oxygens (including phenoxy) is 1. The summed E-state index contributed by atoms with van der Waals surface area (Å²) in [4.78, 5) is 11.5. The molecule has 4 saturated carbocycles. The number of rotatable bonds is 3. The van der Waals surface area contributed by atoms with Crippen LogP contribution in [0.4, 0.5) is 65.9 Å². The summed E-state index contributed by atoms with van der Waals surface area (Å²) in [5, 5.41) is -2.50. The van der Waals surface area contributed by atoms with Crippen molar-refractivity contribution in [3.63, 3.8) is 0 Å². The topological polar surface area (TPSA) is 26.3 Å². The van der Waals surface area contributed by atoms with E-state index in [4.69, 9.17) is 11.6 Å². The molecule has 0 aromatic rings. The highest BCUT2D eigenvalue weighted by atomic mass is 35.5. The van der Waals surface area contributed by atoms with Crippen LogP contribution in [0.25, 0.3) is 0 Å². The van der Waals surface area contributed by atoms with Crippen molar-refractivity contribution in [2.24, 2.45) is 0 Å². The lowest BCUT2D eigenvalue weighted by Gasteiger charge is -2.73. The largest absolute Gasteiger partial charge is 0.419 e. The van der Waals surface area contributed by atoms with Gasteiger partial charge < -0.3 is 4.74 Å². The summed E-state index contributed by atoms with van der Waals surface area (Å²) >= 11 is 5.06. The summed E-state index contributed by atoms with van der Waals surface area (Å²) in [6.07, 6.45) is -0.854. The maximum atomic E-state index is 15.2. The molecule has 0 aromatic carbocycles. The van der Waals surface area contributed by atoms with Crippen molar-refractivity contribution < 1.29 is 75.4 Å². The molecule has 4 fully saturated rings. The number of alkyl halides is 16. The lowest BCUT2D eigenvalue weighted by atomic mass is 9.40. The summed E-state index contributed by atoms with van der Waals surface area (Å²) in [6, 6.07) is 0. The van der Waals surface area contributed by atoms with E-state index in [1.54, 1.807) is 0 Å². The highest BCUT2D eigenvalue weighted by Gasteiger charge is 3.24. The van der Waals surface area contributed by atoms with Crippen LogP contribution in [0.1, 0.15) is 13.3 Å². The first kappa shape index (κ1) is 25.3. The van der Waals surface area contributed by atoms with Crippen LogP contribution >= 0.6 is 11.6 Å². The highest BCUT2D eigenvalue weighted by molar-refractivity contribution is 6.29. The number of hydrogen-bond donors (Lipinski definition) is 0. The molecule has 1 atom stereocenters. The minimum atomic E-state index is -7.94. The van der Waals surface area contributed by atoms with Crippen LogP contribution in [0.3, 0.4) is 0 Å². The van der Waals surface area contributed by atoms with Gasteiger partial charge >= 0.3 is 64.1 Å². The molecule has 4 rings (SSSR count). The number of halogens is 16. The zero-order valence-electron chi connectivity index (χ0n) is 14.6. The quantitative estimate of drug-likeness (QED) is 0.285. The SMILES string of the molecule is CCC(Cl)C(=O)OC1(F)C2(F)C(F)(F)C3(F)C(F)(F)C(F)(C2(F)F)C(F)(F)C1(F)C3(F)F. The third-order valence-electron chi connectivity index (χ3n) is 6.07. The fourth-order valence-electron chi connectivity index (χ4n) is 4.32. The van der Waals surface area contributed by atoms with E-state index in [9.17, 15) is 57.5 Å². The molecule has 1 unspecified atom stereocenters. The molecule has 0 aromatic heterocycles. The molecule has 4 bridgehead atoms. The van der Waals surface area contributed by atoms with Crippen LogP contribution in [-0.4, -0.2) is 69.5 Å². The average Bonchev–Trinajstić information content (AvgIpc) is 2.66. The van der Waals surface area contributed by atoms with E-state index in [0.29, 0.717) is 0 Å². The predicted molar refractivity (Wildman–Crippen MR) is 70.0 cm³/mol. The molecule has 186 valence electrons. The second kappa shape index (κ2) is 5.50. The number of carbonyl (C=O) groups excluding carboxylic acids is 1. The van der Waals surface area contributed by atoms with Gasteiger partial charge in [-0.25, -0.2) is 17.6 Å². The van der Waals surface area contributed by atoms with Gasteiger partial charge in [0.2, 0.25) is 0 Å². The smallest absolute Gasteiger partial charge is 0.343 e. The molecule has 0 radical (unpaired) electrons. The second-order valence-electron chi connectivity index (χ2n) is 7.40. The molecule has 0 saturated heterocycles. The van der Waals surface area contributed by atoms with Gasteiger partial charge in [-0.15, -0.1) is 11.6 Å². The Morgan fingerprint density at radius 1 is 0.625 bits per heavy atom. The molecular formula is C14H6ClF15O2. The van der Waals surface area contributed by atoms with Gasteiger partial charge in [-0.2, -0.15) is 48.3 Å². The summed E-state index contributed by atoms with van der Waals surface area (Å²) in [7, 11) is 0. The van der Waals surface area contributed by atoms with Crippen LogP contribution < -0.4 is 0 Å². The van der Waals surface area contributed by atoms with Crippen molar-refractivity contribution in [2.75, 3.05) is 0 Å². The van der Waals surface area contributed by atoms with Crippen LogP contribution in [0.5, 0.6) is 0 Å². The van der Waals surface area contributed by atoms with Gasteiger partial charge in [-0.05, 0) is 6.42 Å². The monoisotopic (exact) mass is 526 g/mol. The Labute approximate surface area is 171 Å². The lowest BCUT2D eigenvalue weighted by molar-refractivity contribution is -0.613. The van der Waals surface area contributed by atoms with Gasteiger partial charge in [0, 0.05) is 0 Å². The lowest BCUT2D eigenvalue weighted by Crippen LogP contribution is -3.09. The Morgan fingerprint density at radius 3 is 1.12 bits per heavy atom. The Hall–Kier alpha value is -1.29. The normalized spacial score (nSPS) is 49.5. The first-order valence-corrected chi connectivity index (χ1v) is 8.51. The standard InChI is InChI=1S/C14H6ClF15O2/c1-2-3(15)4(31)32-14(30)7(18)10(22,23)5(16)9(20,21)6(17,12(7,26)27)13(28,29)8(14,19)11(5,24)25/h3H,2H2,1H3. The summed E-state index contributed by atoms with van der Waals surface area (Å²) in [6.45, 7) is 0.831. The Morgan fingerprint density at radius 2 is 0.875 bits per heavy atom. The molecular weight excluding hydrogens is 521 g/mol. The van der Waals surface area contributed by atoms with E-state index in [0.717, 1.165) is 6.92 Å². The molecule has 4 aliphatic carbocycles. The van der Waals surface area contributed by atoms with Crippen molar-refractivity contribution in [1.82, 2.24) is 0 Å². The van der Waals surface area contributed by atoms with Gasteiger partial charge in [-0.1, -0.05) is 6.92 Å². The van der Waals surface area contributed by atoms with Crippen LogP contribution in [0.2, 0.25) is 0 Å². The zero-order chi connectivity index (χ0) is 25.6. The number of carbonyl (C=O) groups is 1. The minimum Gasteiger partial charge on any atom is -0.419 e. The Kier molecular flexibility index (Phi) is 4.36.